The van der Waals surface area contributed by atoms with Crippen LogP contribution < -0.4 is 0 Å². The first kappa shape index (κ1) is 21.9. The van der Waals surface area contributed by atoms with Crippen LogP contribution in [-0.2, 0) is 0 Å². The van der Waals surface area contributed by atoms with Crippen LogP contribution in [0.15, 0.2) is 11.6 Å². The maximum atomic E-state index is 11.0. The lowest BCUT2D eigenvalue weighted by Gasteiger charge is -2.59. The Morgan fingerprint density at radius 1 is 1.14 bits per heavy atom. The summed E-state index contributed by atoms with van der Waals surface area (Å²) in [5, 5.41) is 21.1. The number of aliphatic hydroxyl groups excluding tert-OH is 1. The van der Waals surface area contributed by atoms with Gasteiger partial charge in [0, 0.05) is 5.41 Å². The second-order valence-corrected chi connectivity index (χ2v) is 12.4. The fraction of sp³-hybridized carbons (Fsp3) is 0.926. The van der Waals surface area contributed by atoms with Gasteiger partial charge in [0.1, 0.15) is 0 Å². The van der Waals surface area contributed by atoms with Gasteiger partial charge in [0.25, 0.3) is 0 Å². The van der Waals surface area contributed by atoms with Crippen LogP contribution in [0.25, 0.3) is 0 Å². The van der Waals surface area contributed by atoms with E-state index < -0.39 is 5.60 Å². The van der Waals surface area contributed by atoms with E-state index in [-0.39, 0.29) is 11.5 Å². The molecule has 0 aromatic rings. The molecule has 0 radical (unpaired) electrons. The minimum atomic E-state index is -0.525. The molecule has 2 heteroatoms. The summed E-state index contributed by atoms with van der Waals surface area (Å²) in [6, 6.07) is 0. The highest BCUT2D eigenvalue weighted by Gasteiger charge is 2.60. The number of rotatable bonds is 5. The Balaban J connectivity index is 1.49. The van der Waals surface area contributed by atoms with Gasteiger partial charge in [-0.25, -0.2) is 0 Å². The third-order valence-electron chi connectivity index (χ3n) is 10.4. The van der Waals surface area contributed by atoms with Crippen LogP contribution in [0.3, 0.4) is 0 Å². The predicted octanol–water partition coefficient (Wildman–Crippen LogP) is 6.50. The number of hydrogen-bond donors (Lipinski definition) is 2. The van der Waals surface area contributed by atoms with E-state index in [2.05, 4.69) is 26.8 Å². The summed E-state index contributed by atoms with van der Waals surface area (Å²) in [5.41, 5.74) is 1.60. The highest BCUT2D eigenvalue weighted by molar-refractivity contribution is 5.26. The van der Waals surface area contributed by atoms with E-state index in [1.165, 1.54) is 51.4 Å². The second-order valence-electron chi connectivity index (χ2n) is 12.4. The molecule has 0 amide bonds. The minimum Gasteiger partial charge on any atom is -0.392 e. The van der Waals surface area contributed by atoms with E-state index in [0.717, 1.165) is 42.9 Å². The summed E-state index contributed by atoms with van der Waals surface area (Å²) in [4.78, 5) is 0. The van der Waals surface area contributed by atoms with Crippen LogP contribution >= 0.6 is 0 Å². The van der Waals surface area contributed by atoms with Gasteiger partial charge >= 0.3 is 0 Å². The zero-order valence-electron chi connectivity index (χ0n) is 19.7. The summed E-state index contributed by atoms with van der Waals surface area (Å²) in [6.45, 7) is 11.4. The Morgan fingerprint density at radius 2 is 1.90 bits per heavy atom. The van der Waals surface area contributed by atoms with E-state index in [9.17, 15) is 10.2 Å². The Labute approximate surface area is 179 Å². The standard InChI is InChI=1S/C27H46O2/c1-18(8-7-16-25(2,3)29)21-13-14-22-20-12-11-19-9-6-10-24(28)27(19,5)23(20)15-17-26(21,22)4/h11,18,20-24,28-29H,6-10,12-17H2,1-5H3/t18-,20+,21-,22+,23+,24+,26-,27+/m1/s1. The van der Waals surface area contributed by atoms with Crippen molar-refractivity contribution in [2.45, 2.75) is 117 Å². The third-order valence-corrected chi connectivity index (χ3v) is 10.4. The highest BCUT2D eigenvalue weighted by Crippen LogP contribution is 2.67. The van der Waals surface area contributed by atoms with E-state index >= 15 is 0 Å². The molecule has 4 rings (SSSR count). The molecular weight excluding hydrogens is 356 g/mol. The second kappa shape index (κ2) is 7.66. The Bertz CT molecular complexity index is 631. The van der Waals surface area contributed by atoms with Gasteiger partial charge < -0.3 is 10.2 Å². The van der Waals surface area contributed by atoms with Crippen molar-refractivity contribution in [1.82, 2.24) is 0 Å². The van der Waals surface area contributed by atoms with Crippen molar-refractivity contribution >= 4 is 0 Å². The van der Waals surface area contributed by atoms with Crippen LogP contribution in [-0.4, -0.2) is 21.9 Å². The average Bonchev–Trinajstić information content (AvgIpc) is 2.99. The molecule has 2 N–H and O–H groups in total. The number of aliphatic hydroxyl groups is 2. The lowest BCUT2D eigenvalue weighted by atomic mass is 9.46. The lowest BCUT2D eigenvalue weighted by molar-refractivity contribution is -0.0931. The molecule has 3 fully saturated rings. The first-order valence-corrected chi connectivity index (χ1v) is 12.7. The molecule has 0 heterocycles. The first-order valence-electron chi connectivity index (χ1n) is 12.7. The maximum Gasteiger partial charge on any atom is 0.0633 e. The van der Waals surface area contributed by atoms with E-state index in [1.54, 1.807) is 5.57 Å². The highest BCUT2D eigenvalue weighted by atomic mass is 16.3. The summed E-state index contributed by atoms with van der Waals surface area (Å²) in [5.74, 6) is 3.91. The van der Waals surface area contributed by atoms with Gasteiger partial charge in [0.2, 0.25) is 0 Å². The van der Waals surface area contributed by atoms with Gasteiger partial charge in [0.05, 0.1) is 11.7 Å². The zero-order valence-corrected chi connectivity index (χ0v) is 19.7. The van der Waals surface area contributed by atoms with E-state index in [4.69, 9.17) is 0 Å². The molecule has 0 spiro atoms. The van der Waals surface area contributed by atoms with Crippen molar-refractivity contribution in [3.8, 4) is 0 Å². The molecule has 0 bridgehead atoms. The van der Waals surface area contributed by atoms with Crippen LogP contribution in [0.5, 0.6) is 0 Å². The minimum absolute atomic E-state index is 0.0545. The van der Waals surface area contributed by atoms with Crippen molar-refractivity contribution in [1.29, 1.82) is 0 Å². The molecule has 0 saturated heterocycles. The predicted molar refractivity (Wildman–Crippen MR) is 121 cm³/mol. The topological polar surface area (TPSA) is 40.5 Å². The first-order chi connectivity index (χ1) is 13.6. The summed E-state index contributed by atoms with van der Waals surface area (Å²) < 4.78 is 0. The maximum absolute atomic E-state index is 11.0. The van der Waals surface area contributed by atoms with Gasteiger partial charge in [-0.05, 0) is 107 Å². The number of hydrogen-bond acceptors (Lipinski definition) is 2. The Kier molecular flexibility index (Phi) is 5.78. The quantitative estimate of drug-likeness (QED) is 0.515. The van der Waals surface area contributed by atoms with Crippen LogP contribution in [0.4, 0.5) is 0 Å². The van der Waals surface area contributed by atoms with Crippen molar-refractivity contribution < 1.29 is 10.2 Å². The van der Waals surface area contributed by atoms with Gasteiger partial charge in [-0.2, -0.15) is 0 Å². The van der Waals surface area contributed by atoms with Crippen molar-refractivity contribution in [2.75, 3.05) is 0 Å². The van der Waals surface area contributed by atoms with Gasteiger partial charge in [-0.1, -0.05) is 45.3 Å². The normalized spacial score (nSPS) is 45.8. The Hall–Kier alpha value is -0.340. The zero-order chi connectivity index (χ0) is 21.0. The van der Waals surface area contributed by atoms with Crippen LogP contribution in [0.1, 0.15) is 105 Å². The third kappa shape index (κ3) is 3.65. The molecule has 0 unspecified atom stereocenters. The molecule has 3 saturated carbocycles. The summed E-state index contributed by atoms with van der Waals surface area (Å²) in [7, 11) is 0. The Morgan fingerprint density at radius 3 is 2.62 bits per heavy atom. The van der Waals surface area contributed by atoms with Crippen molar-refractivity contribution in [3.63, 3.8) is 0 Å². The van der Waals surface area contributed by atoms with Gasteiger partial charge in [-0.15, -0.1) is 0 Å². The van der Waals surface area contributed by atoms with Crippen LogP contribution in [0.2, 0.25) is 0 Å². The largest absolute Gasteiger partial charge is 0.392 e. The summed E-state index contributed by atoms with van der Waals surface area (Å²) in [6.07, 6.45) is 15.9. The molecule has 0 aliphatic heterocycles. The summed E-state index contributed by atoms with van der Waals surface area (Å²) >= 11 is 0. The monoisotopic (exact) mass is 402 g/mol. The molecule has 4 aliphatic rings. The smallest absolute Gasteiger partial charge is 0.0633 e. The molecule has 166 valence electrons. The van der Waals surface area contributed by atoms with Crippen molar-refractivity contribution in [2.24, 2.45) is 40.4 Å². The SMILES string of the molecule is C[C@H](CCCC(C)(C)O)[C@H]1CC[C@H]2[C@@H]3CC=C4CCC[C@H](O)[C@]4(C)[C@H]3CC[C@]12C. The molecule has 0 aromatic carbocycles. The van der Waals surface area contributed by atoms with E-state index in [0.29, 0.717) is 11.3 Å². The molecule has 29 heavy (non-hydrogen) atoms. The molecule has 0 aromatic heterocycles. The van der Waals surface area contributed by atoms with Crippen LogP contribution in [0, 0.1) is 40.4 Å². The van der Waals surface area contributed by atoms with E-state index in [1.807, 2.05) is 13.8 Å². The number of allylic oxidation sites excluding steroid dienone is 1. The number of fused-ring (bicyclic) bond motifs is 5. The molecular formula is C27H46O2. The fourth-order valence-electron chi connectivity index (χ4n) is 8.75. The van der Waals surface area contributed by atoms with Crippen molar-refractivity contribution in [3.05, 3.63) is 11.6 Å². The van der Waals surface area contributed by atoms with Gasteiger partial charge in [-0.3, -0.25) is 0 Å². The fourth-order valence-corrected chi connectivity index (χ4v) is 8.75. The molecule has 2 nitrogen and oxygen atoms in total. The average molecular weight is 403 g/mol. The van der Waals surface area contributed by atoms with Gasteiger partial charge in [0.15, 0.2) is 0 Å². The lowest BCUT2D eigenvalue weighted by Crippen LogP contribution is -2.54. The molecule has 8 atom stereocenters. The molecule has 4 aliphatic carbocycles.